The molecule has 0 saturated carbocycles. The van der Waals surface area contributed by atoms with Crippen molar-refractivity contribution in [3.63, 3.8) is 0 Å². The van der Waals surface area contributed by atoms with Crippen LogP contribution in [-0.2, 0) is 17.0 Å². The van der Waals surface area contributed by atoms with Crippen LogP contribution in [0.15, 0.2) is 218 Å². The molecule has 0 atom stereocenters. The van der Waals surface area contributed by atoms with E-state index in [9.17, 15) is 0 Å². The number of aromatic nitrogens is 5. The number of rotatable bonds is 6. The van der Waals surface area contributed by atoms with E-state index in [1.54, 1.807) is 6.07 Å². The maximum Gasteiger partial charge on any atom is 0.416 e. The third kappa shape index (κ3) is 6.59. The van der Waals surface area contributed by atoms with Gasteiger partial charge in [-0.05, 0) is 87.0 Å². The molecule has 0 bridgehead atoms. The van der Waals surface area contributed by atoms with Gasteiger partial charge in [0, 0.05) is 60.2 Å². The predicted molar refractivity (Wildman–Crippen MR) is 310 cm³/mol. The van der Waals surface area contributed by atoms with Crippen LogP contribution in [0.5, 0.6) is 0 Å². The summed E-state index contributed by atoms with van der Waals surface area (Å²) in [6, 6.07) is 72.8. The lowest BCUT2D eigenvalue weighted by molar-refractivity contribution is -0.137. The van der Waals surface area contributed by atoms with E-state index in [2.05, 4.69) is 146 Å². The molecule has 78 heavy (non-hydrogen) atoms. The second-order valence-corrected chi connectivity index (χ2v) is 21.8. The Balaban J connectivity index is 1.06. The van der Waals surface area contributed by atoms with Gasteiger partial charge >= 0.3 is 6.18 Å². The fourth-order valence-electron chi connectivity index (χ4n) is 13.3. The number of halogens is 3. The average Bonchev–Trinajstić information content (AvgIpc) is 3.95. The highest BCUT2D eigenvalue weighted by atomic mass is 19.4. The van der Waals surface area contributed by atoms with Gasteiger partial charge in [0.2, 0.25) is 0 Å². The van der Waals surface area contributed by atoms with Crippen molar-refractivity contribution in [3.8, 4) is 78.9 Å². The topological polar surface area (TPSA) is 48.5 Å². The molecule has 13 aromatic rings. The highest BCUT2D eigenvalue weighted by Crippen LogP contribution is 2.56. The molecule has 0 N–H and O–H groups in total. The third-order valence-corrected chi connectivity index (χ3v) is 16.8. The van der Waals surface area contributed by atoms with Gasteiger partial charge in [0.05, 0.1) is 39.0 Å². The Kier molecular flexibility index (Phi) is 9.75. The standard InChI is InChI=1S/C70H48F3N5/c1-68(2)53-27-15-11-23-45(53)49-35-37-57-61(63(49)68)51-25-13-17-29-55(51)77(57)59-39-43(67-75-65(41-19-7-5-8-20-41)74-66(76-67)42-21-9-6-10-22-42)31-33-47(59)48-34-32-44(70(71,72)73)40-60(48)78-56-30-18-14-26-52(56)62-58(78)38-36-50-46-24-12-16-28-54(46)69(3,4)64(50)62/h5-40H,1-4H3. The number of hydrogen-bond acceptors (Lipinski definition) is 3. The Morgan fingerprint density at radius 1 is 0.346 bits per heavy atom. The van der Waals surface area contributed by atoms with Crippen molar-refractivity contribution in [2.75, 3.05) is 0 Å². The monoisotopic (exact) mass is 1020 g/mol. The normalized spacial score (nSPS) is 14.0. The fourth-order valence-corrected chi connectivity index (χ4v) is 13.3. The second-order valence-electron chi connectivity index (χ2n) is 21.8. The Morgan fingerprint density at radius 3 is 1.23 bits per heavy atom. The summed E-state index contributed by atoms with van der Waals surface area (Å²) in [4.78, 5) is 15.4. The van der Waals surface area contributed by atoms with Crippen LogP contribution in [-0.4, -0.2) is 24.1 Å². The molecule has 2 aliphatic rings. The number of para-hydroxylation sites is 2. The van der Waals surface area contributed by atoms with Gasteiger partial charge in [-0.3, -0.25) is 0 Å². The second kappa shape index (κ2) is 16.6. The smallest absolute Gasteiger partial charge is 0.309 e. The van der Waals surface area contributed by atoms with E-state index in [0.29, 0.717) is 34.3 Å². The lowest BCUT2D eigenvalue weighted by Gasteiger charge is -2.23. The number of benzene rings is 10. The summed E-state index contributed by atoms with van der Waals surface area (Å²) in [5, 5.41) is 4.21. The first kappa shape index (κ1) is 45.9. The third-order valence-electron chi connectivity index (χ3n) is 16.8. The molecule has 0 fully saturated rings. The summed E-state index contributed by atoms with van der Waals surface area (Å²) in [5.41, 5.74) is 16.7. The fraction of sp³-hybridized carbons (Fsp3) is 0.100. The maximum atomic E-state index is 15.4. The van der Waals surface area contributed by atoms with Crippen molar-refractivity contribution in [3.05, 3.63) is 246 Å². The Bertz CT molecular complexity index is 4600. The van der Waals surface area contributed by atoms with Crippen molar-refractivity contribution in [2.45, 2.75) is 44.7 Å². The van der Waals surface area contributed by atoms with Crippen molar-refractivity contribution in [2.24, 2.45) is 0 Å². The minimum atomic E-state index is -4.63. The summed E-state index contributed by atoms with van der Waals surface area (Å²) in [6.07, 6.45) is -4.63. The van der Waals surface area contributed by atoms with E-state index in [1.807, 2.05) is 91.0 Å². The molecule has 3 heterocycles. The molecule has 0 saturated heterocycles. The highest BCUT2D eigenvalue weighted by Gasteiger charge is 2.40. The summed E-state index contributed by atoms with van der Waals surface area (Å²) >= 11 is 0. The summed E-state index contributed by atoms with van der Waals surface area (Å²) in [5.74, 6) is 1.50. The molecule has 0 unspecified atom stereocenters. The molecule has 0 amide bonds. The highest BCUT2D eigenvalue weighted by molar-refractivity contribution is 6.16. The molecule has 15 rings (SSSR count). The molecular formula is C70H48F3N5. The van der Waals surface area contributed by atoms with E-state index < -0.39 is 11.7 Å². The van der Waals surface area contributed by atoms with Crippen LogP contribution in [0.1, 0.15) is 55.5 Å². The zero-order valence-corrected chi connectivity index (χ0v) is 43.2. The Morgan fingerprint density at radius 2 is 0.744 bits per heavy atom. The molecule has 10 aromatic carbocycles. The van der Waals surface area contributed by atoms with Gasteiger partial charge < -0.3 is 9.13 Å². The zero-order chi connectivity index (χ0) is 52.8. The van der Waals surface area contributed by atoms with Gasteiger partial charge in [-0.15, -0.1) is 0 Å². The van der Waals surface area contributed by atoms with Gasteiger partial charge in [-0.1, -0.05) is 204 Å². The Labute approximate surface area is 448 Å². The van der Waals surface area contributed by atoms with Crippen molar-refractivity contribution in [1.82, 2.24) is 24.1 Å². The lowest BCUT2D eigenvalue weighted by atomic mass is 9.80. The average molecular weight is 1020 g/mol. The van der Waals surface area contributed by atoms with Crippen molar-refractivity contribution >= 4 is 43.6 Å². The largest absolute Gasteiger partial charge is 0.416 e. The molecular weight excluding hydrogens is 968 g/mol. The van der Waals surface area contributed by atoms with E-state index >= 15 is 13.2 Å². The predicted octanol–water partition coefficient (Wildman–Crippen LogP) is 18.4. The number of hydrogen-bond donors (Lipinski definition) is 0. The number of alkyl halides is 3. The molecule has 0 radical (unpaired) electrons. The van der Waals surface area contributed by atoms with Crippen molar-refractivity contribution in [1.29, 1.82) is 0 Å². The first-order chi connectivity index (χ1) is 37.9. The molecule has 0 spiro atoms. The van der Waals surface area contributed by atoms with Crippen molar-refractivity contribution < 1.29 is 13.2 Å². The summed E-state index contributed by atoms with van der Waals surface area (Å²) in [7, 11) is 0. The van der Waals surface area contributed by atoms with Gasteiger partial charge in [-0.25, -0.2) is 15.0 Å². The van der Waals surface area contributed by atoms with E-state index in [-0.39, 0.29) is 10.8 Å². The maximum absolute atomic E-state index is 15.4. The van der Waals surface area contributed by atoms with Gasteiger partial charge in [0.25, 0.3) is 0 Å². The molecule has 2 aliphatic carbocycles. The van der Waals surface area contributed by atoms with E-state index in [0.717, 1.165) is 71.6 Å². The van der Waals surface area contributed by atoms with Crippen LogP contribution >= 0.6 is 0 Å². The van der Waals surface area contributed by atoms with Gasteiger partial charge in [-0.2, -0.15) is 13.2 Å². The lowest BCUT2D eigenvalue weighted by Crippen LogP contribution is -2.15. The van der Waals surface area contributed by atoms with Crippen LogP contribution in [0.2, 0.25) is 0 Å². The van der Waals surface area contributed by atoms with Gasteiger partial charge in [0.15, 0.2) is 17.5 Å². The van der Waals surface area contributed by atoms with E-state index in [1.165, 1.54) is 51.1 Å². The summed E-state index contributed by atoms with van der Waals surface area (Å²) in [6.45, 7) is 9.12. The number of fused-ring (bicyclic) bond motifs is 14. The molecule has 374 valence electrons. The first-order valence-corrected chi connectivity index (χ1v) is 26.4. The minimum Gasteiger partial charge on any atom is -0.309 e. The quantitative estimate of drug-likeness (QED) is 0.167. The van der Waals surface area contributed by atoms with E-state index in [4.69, 9.17) is 15.0 Å². The van der Waals surface area contributed by atoms with Crippen LogP contribution < -0.4 is 0 Å². The zero-order valence-electron chi connectivity index (χ0n) is 43.2. The summed E-state index contributed by atoms with van der Waals surface area (Å²) < 4.78 is 50.7. The molecule has 8 heteroatoms. The van der Waals surface area contributed by atoms with Crippen LogP contribution in [0, 0.1) is 0 Å². The minimum absolute atomic E-state index is 0.342. The van der Waals surface area contributed by atoms with Crippen LogP contribution in [0.4, 0.5) is 13.2 Å². The number of nitrogens with zero attached hydrogens (tertiary/aromatic N) is 5. The SMILES string of the molecule is CC1(C)c2ccccc2-c2ccc3c(c21)c1ccccc1n3-c1cc(-c2nc(-c3ccccc3)nc(-c3ccccc3)n2)ccc1-c1ccc(C(F)(F)F)cc1-n1c2ccccc2c2c3c(ccc21)-c1ccccc1C3(C)C. The molecule has 5 nitrogen and oxygen atoms in total. The molecule has 3 aromatic heterocycles. The van der Waals surface area contributed by atoms with Crippen LogP contribution in [0.25, 0.3) is 123 Å². The molecule has 0 aliphatic heterocycles. The van der Waals surface area contributed by atoms with Gasteiger partial charge in [0.1, 0.15) is 0 Å². The Hall–Kier alpha value is -9.40. The van der Waals surface area contributed by atoms with Crippen LogP contribution in [0.3, 0.4) is 0 Å². The first-order valence-electron chi connectivity index (χ1n) is 26.4.